The van der Waals surface area contributed by atoms with Crippen molar-refractivity contribution in [3.8, 4) is 0 Å². The number of esters is 1. The summed E-state index contributed by atoms with van der Waals surface area (Å²) in [5, 5.41) is 7.64. The lowest BCUT2D eigenvalue weighted by Crippen LogP contribution is -2.44. The number of nitrogens with zero attached hydrogens (tertiary/aromatic N) is 3. The van der Waals surface area contributed by atoms with Gasteiger partial charge in [-0.05, 0) is 12.5 Å². The van der Waals surface area contributed by atoms with Crippen LogP contribution >= 0.6 is 0 Å². The molecule has 1 aromatic heterocycles. The molecule has 1 aliphatic heterocycles. The molecular weight excluding hydrogens is 260 g/mol. The van der Waals surface area contributed by atoms with Gasteiger partial charge in [0.15, 0.2) is 0 Å². The van der Waals surface area contributed by atoms with Gasteiger partial charge in [-0.1, -0.05) is 0 Å². The van der Waals surface area contributed by atoms with Crippen LogP contribution in [-0.4, -0.2) is 49.0 Å². The van der Waals surface area contributed by atoms with Crippen LogP contribution in [0.25, 0.3) is 0 Å². The SMILES string of the molecule is COC(=O)CCCn1nc(N2CCNCC2)ccc1=O. The van der Waals surface area contributed by atoms with Crippen LogP contribution < -0.4 is 15.8 Å². The molecule has 0 saturated carbocycles. The van der Waals surface area contributed by atoms with Crippen LogP contribution in [0.1, 0.15) is 12.8 Å². The van der Waals surface area contributed by atoms with E-state index in [9.17, 15) is 9.59 Å². The number of carbonyl (C=O) groups is 1. The van der Waals surface area contributed by atoms with Gasteiger partial charge in [0, 0.05) is 45.2 Å². The third kappa shape index (κ3) is 3.80. The number of rotatable bonds is 5. The van der Waals surface area contributed by atoms with Gasteiger partial charge in [-0.15, -0.1) is 0 Å². The van der Waals surface area contributed by atoms with Gasteiger partial charge < -0.3 is 15.0 Å². The van der Waals surface area contributed by atoms with Crippen molar-refractivity contribution in [2.24, 2.45) is 0 Å². The second-order valence-corrected chi connectivity index (χ2v) is 4.67. The molecule has 0 bridgehead atoms. The first kappa shape index (κ1) is 14.5. The molecule has 0 spiro atoms. The predicted molar refractivity (Wildman–Crippen MR) is 74.8 cm³/mol. The quantitative estimate of drug-likeness (QED) is 0.740. The van der Waals surface area contributed by atoms with E-state index in [2.05, 4.69) is 20.1 Å². The van der Waals surface area contributed by atoms with E-state index in [1.165, 1.54) is 17.9 Å². The van der Waals surface area contributed by atoms with Gasteiger partial charge in [0.25, 0.3) is 5.56 Å². The third-order valence-electron chi connectivity index (χ3n) is 3.27. The molecule has 0 aliphatic carbocycles. The first-order valence-electron chi connectivity index (χ1n) is 6.81. The smallest absolute Gasteiger partial charge is 0.305 e. The highest BCUT2D eigenvalue weighted by molar-refractivity contribution is 5.68. The Morgan fingerprint density at radius 1 is 1.40 bits per heavy atom. The molecule has 110 valence electrons. The fourth-order valence-corrected chi connectivity index (χ4v) is 2.14. The molecule has 7 heteroatoms. The Kier molecular flexibility index (Phi) is 5.11. The monoisotopic (exact) mass is 280 g/mol. The van der Waals surface area contributed by atoms with E-state index < -0.39 is 0 Å². The average molecular weight is 280 g/mol. The van der Waals surface area contributed by atoms with E-state index in [0.717, 1.165) is 32.0 Å². The number of hydrogen-bond donors (Lipinski definition) is 1. The molecule has 2 rings (SSSR count). The molecule has 1 N–H and O–H groups in total. The number of aromatic nitrogens is 2. The molecule has 1 fully saturated rings. The molecule has 1 aromatic rings. The number of aryl methyl sites for hydroxylation is 1. The molecule has 0 atom stereocenters. The summed E-state index contributed by atoms with van der Waals surface area (Å²) >= 11 is 0. The van der Waals surface area contributed by atoms with Crippen molar-refractivity contribution in [2.75, 3.05) is 38.2 Å². The molecular formula is C13H20N4O3. The molecule has 1 aliphatic rings. The second kappa shape index (κ2) is 7.04. The third-order valence-corrected chi connectivity index (χ3v) is 3.27. The minimum atomic E-state index is -0.267. The number of piperazine rings is 1. The van der Waals surface area contributed by atoms with E-state index in [4.69, 9.17) is 0 Å². The van der Waals surface area contributed by atoms with Gasteiger partial charge in [0.2, 0.25) is 0 Å². The molecule has 7 nitrogen and oxygen atoms in total. The lowest BCUT2D eigenvalue weighted by atomic mass is 10.3. The zero-order valence-corrected chi connectivity index (χ0v) is 11.7. The highest BCUT2D eigenvalue weighted by Crippen LogP contribution is 2.08. The Hall–Kier alpha value is -1.89. The molecule has 20 heavy (non-hydrogen) atoms. The maximum Gasteiger partial charge on any atom is 0.305 e. The van der Waals surface area contributed by atoms with Gasteiger partial charge in [0.1, 0.15) is 5.82 Å². The lowest BCUT2D eigenvalue weighted by Gasteiger charge is -2.28. The normalized spacial score (nSPS) is 15.2. The van der Waals surface area contributed by atoms with Gasteiger partial charge in [-0.2, -0.15) is 5.10 Å². The summed E-state index contributed by atoms with van der Waals surface area (Å²) in [6, 6.07) is 3.28. The van der Waals surface area contributed by atoms with Crippen LogP contribution in [-0.2, 0) is 16.1 Å². The van der Waals surface area contributed by atoms with Crippen LogP contribution in [0, 0.1) is 0 Å². The standard InChI is InChI=1S/C13H20N4O3/c1-20-13(19)3-2-8-17-12(18)5-4-11(15-17)16-9-6-14-7-10-16/h4-5,14H,2-3,6-10H2,1H3. The van der Waals surface area contributed by atoms with E-state index in [1.54, 1.807) is 6.07 Å². The zero-order valence-electron chi connectivity index (χ0n) is 11.7. The minimum Gasteiger partial charge on any atom is -0.469 e. The van der Waals surface area contributed by atoms with Crippen molar-refractivity contribution < 1.29 is 9.53 Å². The topological polar surface area (TPSA) is 76.5 Å². The van der Waals surface area contributed by atoms with E-state index in [1.807, 2.05) is 0 Å². The maximum atomic E-state index is 11.8. The van der Waals surface area contributed by atoms with Crippen molar-refractivity contribution >= 4 is 11.8 Å². The summed E-state index contributed by atoms with van der Waals surface area (Å²) in [6.07, 6.45) is 0.840. The van der Waals surface area contributed by atoms with Crippen molar-refractivity contribution in [1.29, 1.82) is 0 Å². The maximum absolute atomic E-state index is 11.8. The summed E-state index contributed by atoms with van der Waals surface area (Å²) in [4.78, 5) is 25.0. The zero-order chi connectivity index (χ0) is 14.4. The number of hydrogen-bond acceptors (Lipinski definition) is 6. The number of nitrogens with one attached hydrogen (secondary N) is 1. The summed E-state index contributed by atoms with van der Waals surface area (Å²) in [6.45, 7) is 4.03. The van der Waals surface area contributed by atoms with E-state index in [-0.39, 0.29) is 11.5 Å². The largest absolute Gasteiger partial charge is 0.469 e. The first-order chi connectivity index (χ1) is 9.70. The van der Waals surface area contributed by atoms with Crippen LogP contribution in [0.4, 0.5) is 5.82 Å². The molecule has 0 unspecified atom stereocenters. The Balaban J connectivity index is 2.00. The van der Waals surface area contributed by atoms with Crippen LogP contribution in [0.5, 0.6) is 0 Å². The van der Waals surface area contributed by atoms with Crippen molar-refractivity contribution in [2.45, 2.75) is 19.4 Å². The van der Waals surface area contributed by atoms with Gasteiger partial charge in [0.05, 0.1) is 7.11 Å². The highest BCUT2D eigenvalue weighted by Gasteiger charge is 2.12. The molecule has 0 amide bonds. The number of ether oxygens (including phenoxy) is 1. The van der Waals surface area contributed by atoms with E-state index in [0.29, 0.717) is 19.4 Å². The van der Waals surface area contributed by atoms with Crippen LogP contribution in [0.2, 0.25) is 0 Å². The summed E-state index contributed by atoms with van der Waals surface area (Å²) in [7, 11) is 1.36. The second-order valence-electron chi connectivity index (χ2n) is 4.67. The Bertz CT molecular complexity index is 509. The van der Waals surface area contributed by atoms with E-state index >= 15 is 0 Å². The predicted octanol–water partition coefficient (Wildman–Crippen LogP) is -0.394. The molecule has 1 saturated heterocycles. The Labute approximate surface area is 117 Å². The lowest BCUT2D eigenvalue weighted by molar-refractivity contribution is -0.140. The number of carbonyl (C=O) groups excluding carboxylic acids is 1. The molecule has 0 radical (unpaired) electrons. The fraction of sp³-hybridized carbons (Fsp3) is 0.615. The van der Waals surface area contributed by atoms with Crippen molar-refractivity contribution in [1.82, 2.24) is 15.1 Å². The first-order valence-corrected chi connectivity index (χ1v) is 6.81. The van der Waals surface area contributed by atoms with Crippen molar-refractivity contribution in [3.63, 3.8) is 0 Å². The highest BCUT2D eigenvalue weighted by atomic mass is 16.5. The van der Waals surface area contributed by atoms with Gasteiger partial charge in [-0.3, -0.25) is 9.59 Å². The van der Waals surface area contributed by atoms with Crippen LogP contribution in [0.15, 0.2) is 16.9 Å². The Morgan fingerprint density at radius 2 is 2.15 bits per heavy atom. The average Bonchev–Trinajstić information content (AvgIpc) is 2.49. The Morgan fingerprint density at radius 3 is 2.85 bits per heavy atom. The summed E-state index contributed by atoms with van der Waals surface area (Å²) < 4.78 is 5.99. The van der Waals surface area contributed by atoms with Gasteiger partial charge in [-0.25, -0.2) is 4.68 Å². The summed E-state index contributed by atoms with van der Waals surface area (Å²) in [5.74, 6) is 0.542. The number of methoxy groups -OCH3 is 1. The number of anilines is 1. The molecule has 2 heterocycles. The van der Waals surface area contributed by atoms with Crippen LogP contribution in [0.3, 0.4) is 0 Å². The fourth-order valence-electron chi connectivity index (χ4n) is 2.14. The van der Waals surface area contributed by atoms with Gasteiger partial charge >= 0.3 is 5.97 Å². The minimum absolute atomic E-state index is 0.145. The summed E-state index contributed by atoms with van der Waals surface area (Å²) in [5.41, 5.74) is -0.145. The molecule has 0 aromatic carbocycles. The van der Waals surface area contributed by atoms with Crippen molar-refractivity contribution in [3.05, 3.63) is 22.5 Å².